The first-order valence-corrected chi connectivity index (χ1v) is 14.5. The van der Waals surface area contributed by atoms with Crippen LogP contribution in [0.4, 0.5) is 0 Å². The molecular formula is C28H54N6O4. The monoisotopic (exact) mass is 538 g/mol. The lowest BCUT2D eigenvalue weighted by Crippen LogP contribution is -2.40. The molecule has 10 heteroatoms. The number of carbonyl (C=O) groups is 2. The molecule has 2 fully saturated rings. The van der Waals surface area contributed by atoms with Gasteiger partial charge in [-0.1, -0.05) is 46.5 Å². The third-order valence-corrected chi connectivity index (χ3v) is 8.26. The normalized spacial score (nSPS) is 25.0. The van der Waals surface area contributed by atoms with Crippen LogP contribution in [0.15, 0.2) is 9.98 Å². The quantitative estimate of drug-likeness (QED) is 0.101. The van der Waals surface area contributed by atoms with Gasteiger partial charge in [0.2, 0.25) is 0 Å². The van der Waals surface area contributed by atoms with Crippen molar-refractivity contribution in [3.63, 3.8) is 0 Å². The van der Waals surface area contributed by atoms with Gasteiger partial charge in [-0.15, -0.1) is 0 Å². The van der Waals surface area contributed by atoms with Crippen molar-refractivity contribution in [1.29, 1.82) is 0 Å². The molecule has 220 valence electrons. The van der Waals surface area contributed by atoms with Gasteiger partial charge in [0.15, 0.2) is 11.9 Å². The average molecular weight is 539 g/mol. The summed E-state index contributed by atoms with van der Waals surface area (Å²) in [6.45, 7) is 8.06. The van der Waals surface area contributed by atoms with Crippen molar-refractivity contribution in [2.24, 2.45) is 62.0 Å². The number of nitrogens with zero attached hydrogens (tertiary/aromatic N) is 2. The largest absolute Gasteiger partial charge is 0.481 e. The van der Waals surface area contributed by atoms with Gasteiger partial charge in [-0.3, -0.25) is 19.6 Å². The minimum Gasteiger partial charge on any atom is -0.481 e. The van der Waals surface area contributed by atoms with E-state index in [1.165, 1.54) is 19.3 Å². The molecule has 0 bridgehead atoms. The number of esters is 1. The van der Waals surface area contributed by atoms with Gasteiger partial charge in [0.05, 0.1) is 17.9 Å². The maximum atomic E-state index is 12.0. The number of nitrogens with two attached hydrogens (primary N) is 4. The van der Waals surface area contributed by atoms with E-state index < -0.39 is 11.4 Å². The van der Waals surface area contributed by atoms with Crippen LogP contribution >= 0.6 is 0 Å². The predicted molar refractivity (Wildman–Crippen MR) is 153 cm³/mol. The molecule has 2 rings (SSSR count). The van der Waals surface area contributed by atoms with E-state index in [4.69, 9.17) is 27.7 Å². The van der Waals surface area contributed by atoms with Gasteiger partial charge in [-0.05, 0) is 75.5 Å². The van der Waals surface area contributed by atoms with E-state index in [0.29, 0.717) is 31.5 Å². The number of ether oxygens (including phenoxy) is 1. The van der Waals surface area contributed by atoms with Crippen molar-refractivity contribution in [1.82, 2.24) is 0 Å². The van der Waals surface area contributed by atoms with Gasteiger partial charge in [0.1, 0.15) is 0 Å². The number of aliphatic imine (C=N–C) groups is 2. The molecule has 10 nitrogen and oxygen atoms in total. The third kappa shape index (κ3) is 12.3. The molecule has 2 aliphatic rings. The Morgan fingerprint density at radius 2 is 1.34 bits per heavy atom. The van der Waals surface area contributed by atoms with Crippen molar-refractivity contribution >= 4 is 23.9 Å². The van der Waals surface area contributed by atoms with Crippen LogP contribution in [0.2, 0.25) is 0 Å². The molecule has 2 aliphatic carbocycles. The van der Waals surface area contributed by atoms with E-state index in [-0.39, 0.29) is 29.7 Å². The van der Waals surface area contributed by atoms with Gasteiger partial charge in [0.25, 0.3) is 0 Å². The minimum atomic E-state index is -0.659. The Bertz CT molecular complexity index is 746. The highest BCUT2D eigenvalue weighted by molar-refractivity contribution is 5.76. The van der Waals surface area contributed by atoms with E-state index in [9.17, 15) is 14.7 Å². The number of carboxylic acid groups (broad SMARTS) is 1. The molecular weight excluding hydrogens is 484 g/mol. The van der Waals surface area contributed by atoms with Gasteiger partial charge in [-0.25, -0.2) is 0 Å². The molecule has 0 unspecified atom stereocenters. The fourth-order valence-corrected chi connectivity index (χ4v) is 5.46. The van der Waals surface area contributed by atoms with Gasteiger partial charge in [0, 0.05) is 13.1 Å². The second-order valence-electron chi connectivity index (χ2n) is 11.4. The van der Waals surface area contributed by atoms with Crippen LogP contribution in [0.5, 0.6) is 0 Å². The first kappa shape index (κ1) is 33.5. The molecule has 0 heterocycles. The first-order valence-electron chi connectivity index (χ1n) is 14.5. The van der Waals surface area contributed by atoms with Crippen LogP contribution in [0.25, 0.3) is 0 Å². The molecule has 0 aromatic heterocycles. The van der Waals surface area contributed by atoms with Crippen LogP contribution in [0.3, 0.4) is 0 Å². The van der Waals surface area contributed by atoms with E-state index in [0.717, 1.165) is 64.2 Å². The number of carboxylic acids is 1. The maximum absolute atomic E-state index is 12.0. The molecule has 0 amide bonds. The molecule has 0 aromatic carbocycles. The molecule has 38 heavy (non-hydrogen) atoms. The molecule has 0 radical (unpaired) electrons. The van der Waals surface area contributed by atoms with Crippen molar-refractivity contribution in [3.05, 3.63) is 0 Å². The number of hydrogen-bond acceptors (Lipinski definition) is 5. The summed E-state index contributed by atoms with van der Waals surface area (Å²) in [6, 6.07) is 0. The summed E-state index contributed by atoms with van der Waals surface area (Å²) >= 11 is 0. The molecule has 0 aromatic rings. The summed E-state index contributed by atoms with van der Waals surface area (Å²) in [5.74, 6) is 0.774. The van der Waals surface area contributed by atoms with E-state index in [1.54, 1.807) is 0 Å². The fourth-order valence-electron chi connectivity index (χ4n) is 5.46. The molecule has 0 aliphatic heterocycles. The Balaban J connectivity index is 0.000000389. The SMILES string of the molecule is CC(C)C1(C(=O)O)CCC(CN=C(N)N)CC1.CCCCCCCOC(=O)C1CCC(CN=C(N)N)CC1. The van der Waals surface area contributed by atoms with Crippen molar-refractivity contribution in [3.8, 4) is 0 Å². The fraction of sp³-hybridized carbons (Fsp3) is 0.857. The van der Waals surface area contributed by atoms with Crippen LogP contribution in [-0.4, -0.2) is 48.7 Å². The zero-order valence-electron chi connectivity index (χ0n) is 24.0. The summed E-state index contributed by atoms with van der Waals surface area (Å²) in [7, 11) is 0. The summed E-state index contributed by atoms with van der Waals surface area (Å²) in [5.41, 5.74) is 20.7. The molecule has 0 atom stereocenters. The average Bonchev–Trinajstić information content (AvgIpc) is 2.88. The summed E-state index contributed by atoms with van der Waals surface area (Å²) < 4.78 is 5.39. The number of hydrogen-bond donors (Lipinski definition) is 5. The third-order valence-electron chi connectivity index (χ3n) is 8.26. The highest BCUT2D eigenvalue weighted by Crippen LogP contribution is 2.44. The summed E-state index contributed by atoms with van der Waals surface area (Å²) in [5, 5.41) is 9.40. The maximum Gasteiger partial charge on any atom is 0.309 e. The highest BCUT2D eigenvalue weighted by atomic mass is 16.5. The second-order valence-corrected chi connectivity index (χ2v) is 11.4. The standard InChI is InChI=1S/C16H31N3O2.C12H23N3O2/c1-2-3-4-5-6-11-21-15(20)14-9-7-13(8-10-14)12-19-16(17)18;1-8(2)12(10(16)17)5-3-9(4-6-12)7-15-11(13)14/h13-14H,2-12H2,1H3,(H4,17,18,19);8-9H,3-7H2,1-2H3,(H,16,17)(H4,13,14,15). The Kier molecular flexibility index (Phi) is 15.8. The number of aliphatic carboxylic acids is 1. The zero-order valence-corrected chi connectivity index (χ0v) is 24.0. The summed E-state index contributed by atoms with van der Waals surface area (Å²) in [6.07, 6.45) is 13.0. The lowest BCUT2D eigenvalue weighted by atomic mass is 9.64. The highest BCUT2D eigenvalue weighted by Gasteiger charge is 2.44. The number of unbranched alkanes of at least 4 members (excludes halogenated alkanes) is 4. The smallest absolute Gasteiger partial charge is 0.309 e. The van der Waals surface area contributed by atoms with Crippen molar-refractivity contribution in [2.75, 3.05) is 19.7 Å². The Morgan fingerprint density at radius 1 is 0.842 bits per heavy atom. The van der Waals surface area contributed by atoms with Crippen molar-refractivity contribution < 1.29 is 19.4 Å². The Hall–Kier alpha value is -2.52. The molecule has 2 saturated carbocycles. The Morgan fingerprint density at radius 3 is 1.79 bits per heavy atom. The molecule has 9 N–H and O–H groups in total. The first-order chi connectivity index (χ1) is 18.0. The van der Waals surface area contributed by atoms with Crippen LogP contribution < -0.4 is 22.9 Å². The van der Waals surface area contributed by atoms with E-state index >= 15 is 0 Å². The second kappa shape index (κ2) is 17.9. The lowest BCUT2D eigenvalue weighted by Gasteiger charge is -2.39. The summed E-state index contributed by atoms with van der Waals surface area (Å²) in [4.78, 5) is 31.5. The topological polar surface area (TPSA) is 192 Å². The van der Waals surface area contributed by atoms with Gasteiger partial charge < -0.3 is 32.8 Å². The zero-order chi connectivity index (χ0) is 28.6. The molecule has 0 saturated heterocycles. The Labute approximate surface area is 229 Å². The van der Waals surface area contributed by atoms with E-state index in [2.05, 4.69) is 16.9 Å². The van der Waals surface area contributed by atoms with E-state index in [1.807, 2.05) is 13.8 Å². The molecule has 0 spiro atoms. The van der Waals surface area contributed by atoms with Crippen molar-refractivity contribution in [2.45, 2.75) is 104 Å². The number of guanidine groups is 2. The van der Waals surface area contributed by atoms with Crippen LogP contribution in [-0.2, 0) is 14.3 Å². The predicted octanol–water partition coefficient (Wildman–Crippen LogP) is 3.76. The number of rotatable bonds is 13. The lowest BCUT2D eigenvalue weighted by molar-refractivity contribution is -0.155. The van der Waals surface area contributed by atoms with Gasteiger partial charge >= 0.3 is 11.9 Å². The minimum absolute atomic E-state index is 0.00854. The van der Waals surface area contributed by atoms with Crippen LogP contribution in [0.1, 0.15) is 104 Å². The number of carbonyl (C=O) groups excluding carboxylic acids is 1. The van der Waals surface area contributed by atoms with Crippen LogP contribution in [0, 0.1) is 29.1 Å². The van der Waals surface area contributed by atoms with Gasteiger partial charge in [-0.2, -0.15) is 0 Å².